The van der Waals surface area contributed by atoms with E-state index >= 15 is 0 Å². The SMILES string of the molecule is COc1cccc(-c2cc(=O)n3cc(N4CCCN(C)CC4)ccc3n2)c1. The van der Waals surface area contributed by atoms with Gasteiger partial charge in [0.1, 0.15) is 11.4 Å². The molecule has 3 aromatic rings. The van der Waals surface area contributed by atoms with Crippen LogP contribution < -0.4 is 15.2 Å². The van der Waals surface area contributed by atoms with Crippen LogP contribution in [0.5, 0.6) is 5.75 Å². The number of rotatable bonds is 3. The first-order chi connectivity index (χ1) is 13.1. The van der Waals surface area contributed by atoms with Crippen LogP contribution in [0.15, 0.2) is 53.5 Å². The Morgan fingerprint density at radius 1 is 1.04 bits per heavy atom. The maximum absolute atomic E-state index is 12.7. The van der Waals surface area contributed by atoms with Crippen molar-refractivity contribution in [3.63, 3.8) is 0 Å². The minimum Gasteiger partial charge on any atom is -0.497 e. The van der Waals surface area contributed by atoms with Crippen LogP contribution in [-0.4, -0.2) is 54.6 Å². The van der Waals surface area contributed by atoms with Crippen molar-refractivity contribution in [1.82, 2.24) is 14.3 Å². The summed E-state index contributed by atoms with van der Waals surface area (Å²) >= 11 is 0. The Bertz CT molecular complexity index is 1010. The molecule has 0 saturated carbocycles. The molecular weight excluding hydrogens is 340 g/mol. The lowest BCUT2D eigenvalue weighted by atomic mass is 10.1. The van der Waals surface area contributed by atoms with Crippen LogP contribution in [0.1, 0.15) is 6.42 Å². The smallest absolute Gasteiger partial charge is 0.258 e. The normalized spacial score (nSPS) is 15.7. The second-order valence-electron chi connectivity index (χ2n) is 6.97. The number of fused-ring (bicyclic) bond motifs is 1. The Labute approximate surface area is 158 Å². The Balaban J connectivity index is 1.71. The van der Waals surface area contributed by atoms with Crippen LogP contribution in [0.4, 0.5) is 5.69 Å². The predicted molar refractivity (Wildman–Crippen MR) is 108 cm³/mol. The van der Waals surface area contributed by atoms with E-state index in [9.17, 15) is 4.79 Å². The van der Waals surface area contributed by atoms with Gasteiger partial charge in [-0.25, -0.2) is 4.98 Å². The first kappa shape index (κ1) is 17.5. The first-order valence-corrected chi connectivity index (χ1v) is 9.25. The van der Waals surface area contributed by atoms with Gasteiger partial charge in [-0.1, -0.05) is 12.1 Å². The maximum Gasteiger partial charge on any atom is 0.258 e. The summed E-state index contributed by atoms with van der Waals surface area (Å²) in [6, 6.07) is 13.2. The lowest BCUT2D eigenvalue weighted by Crippen LogP contribution is -2.29. The van der Waals surface area contributed by atoms with Gasteiger partial charge in [-0.2, -0.15) is 0 Å². The van der Waals surface area contributed by atoms with Gasteiger partial charge in [0.05, 0.1) is 18.5 Å². The van der Waals surface area contributed by atoms with Crippen molar-refractivity contribution in [2.45, 2.75) is 6.42 Å². The summed E-state index contributed by atoms with van der Waals surface area (Å²) in [5, 5.41) is 0. The molecule has 1 aliphatic rings. The van der Waals surface area contributed by atoms with Gasteiger partial charge >= 0.3 is 0 Å². The number of anilines is 1. The topological polar surface area (TPSA) is 50.1 Å². The molecular formula is C21H24N4O2. The quantitative estimate of drug-likeness (QED) is 0.715. The molecule has 1 saturated heterocycles. The zero-order valence-electron chi connectivity index (χ0n) is 15.8. The Hall–Kier alpha value is -2.86. The van der Waals surface area contributed by atoms with Crippen molar-refractivity contribution in [2.24, 2.45) is 0 Å². The molecule has 0 unspecified atom stereocenters. The van der Waals surface area contributed by atoms with Gasteiger partial charge in [0, 0.05) is 37.5 Å². The summed E-state index contributed by atoms with van der Waals surface area (Å²) in [4.78, 5) is 22.1. The van der Waals surface area contributed by atoms with Crippen LogP contribution in [0.3, 0.4) is 0 Å². The van der Waals surface area contributed by atoms with Gasteiger partial charge in [-0.05, 0) is 44.3 Å². The molecule has 1 fully saturated rings. The van der Waals surface area contributed by atoms with E-state index in [0.29, 0.717) is 11.3 Å². The minimum absolute atomic E-state index is 0.0772. The number of aromatic nitrogens is 2. The number of hydrogen-bond donors (Lipinski definition) is 0. The molecule has 0 N–H and O–H groups in total. The molecule has 0 radical (unpaired) electrons. The Morgan fingerprint density at radius 2 is 1.93 bits per heavy atom. The molecule has 1 aromatic carbocycles. The highest BCUT2D eigenvalue weighted by Gasteiger charge is 2.14. The fraction of sp³-hybridized carbons (Fsp3) is 0.333. The average Bonchev–Trinajstić information content (AvgIpc) is 2.92. The average molecular weight is 364 g/mol. The highest BCUT2D eigenvalue weighted by atomic mass is 16.5. The van der Waals surface area contributed by atoms with E-state index in [1.165, 1.54) is 0 Å². The zero-order valence-corrected chi connectivity index (χ0v) is 15.8. The van der Waals surface area contributed by atoms with Gasteiger partial charge in [-0.15, -0.1) is 0 Å². The summed E-state index contributed by atoms with van der Waals surface area (Å²) in [6.45, 7) is 4.10. The van der Waals surface area contributed by atoms with E-state index in [0.717, 1.165) is 49.6 Å². The third-order valence-electron chi connectivity index (χ3n) is 5.09. The summed E-state index contributed by atoms with van der Waals surface area (Å²) in [7, 11) is 3.78. The molecule has 0 atom stereocenters. The van der Waals surface area contributed by atoms with Crippen LogP contribution in [-0.2, 0) is 0 Å². The maximum atomic E-state index is 12.7. The van der Waals surface area contributed by atoms with E-state index in [-0.39, 0.29) is 5.56 Å². The van der Waals surface area contributed by atoms with Gasteiger partial charge in [0.25, 0.3) is 5.56 Å². The van der Waals surface area contributed by atoms with E-state index in [1.54, 1.807) is 17.6 Å². The molecule has 27 heavy (non-hydrogen) atoms. The lowest BCUT2D eigenvalue weighted by Gasteiger charge is -2.23. The van der Waals surface area contributed by atoms with E-state index in [4.69, 9.17) is 4.74 Å². The summed E-state index contributed by atoms with van der Waals surface area (Å²) < 4.78 is 6.91. The van der Waals surface area contributed by atoms with Gasteiger partial charge in [-0.3, -0.25) is 9.20 Å². The highest BCUT2D eigenvalue weighted by molar-refractivity contribution is 5.64. The lowest BCUT2D eigenvalue weighted by molar-refractivity contribution is 0.360. The number of hydrogen-bond acceptors (Lipinski definition) is 5. The molecule has 6 heteroatoms. The summed E-state index contributed by atoms with van der Waals surface area (Å²) in [5.41, 5.74) is 3.16. The minimum atomic E-state index is -0.0772. The molecule has 1 aliphatic heterocycles. The van der Waals surface area contributed by atoms with Crippen LogP contribution in [0.2, 0.25) is 0 Å². The second-order valence-corrected chi connectivity index (χ2v) is 6.97. The molecule has 0 bridgehead atoms. The zero-order chi connectivity index (χ0) is 18.8. The van der Waals surface area contributed by atoms with Crippen molar-refractivity contribution in [3.05, 3.63) is 59.0 Å². The Kier molecular flexibility index (Phi) is 4.81. The molecule has 0 spiro atoms. The van der Waals surface area contributed by atoms with Gasteiger partial charge < -0.3 is 14.5 Å². The standard InChI is InChI=1S/C21H24N4O2/c1-23-9-4-10-24(12-11-23)17-7-8-20-22-19(14-21(26)25(20)15-17)16-5-3-6-18(13-16)27-2/h3,5-8,13-15H,4,9-12H2,1-2H3. The van der Waals surface area contributed by atoms with Crippen molar-refractivity contribution >= 4 is 11.3 Å². The van der Waals surface area contributed by atoms with Crippen LogP contribution >= 0.6 is 0 Å². The summed E-state index contributed by atoms with van der Waals surface area (Å²) in [6.07, 6.45) is 3.03. The predicted octanol–water partition coefficient (Wildman–Crippen LogP) is 2.51. The summed E-state index contributed by atoms with van der Waals surface area (Å²) in [5.74, 6) is 0.746. The molecule has 6 nitrogen and oxygen atoms in total. The van der Waals surface area contributed by atoms with Crippen molar-refractivity contribution < 1.29 is 4.74 Å². The number of nitrogens with zero attached hydrogens (tertiary/aromatic N) is 4. The first-order valence-electron chi connectivity index (χ1n) is 9.25. The molecule has 0 amide bonds. The van der Waals surface area contributed by atoms with Crippen LogP contribution in [0.25, 0.3) is 16.9 Å². The second kappa shape index (κ2) is 7.40. The van der Waals surface area contributed by atoms with E-state index in [1.807, 2.05) is 36.5 Å². The van der Waals surface area contributed by atoms with Crippen molar-refractivity contribution in [3.8, 4) is 17.0 Å². The number of methoxy groups -OCH3 is 1. The third kappa shape index (κ3) is 3.66. The van der Waals surface area contributed by atoms with Crippen molar-refractivity contribution in [2.75, 3.05) is 45.2 Å². The molecule has 2 aromatic heterocycles. The third-order valence-corrected chi connectivity index (χ3v) is 5.09. The Morgan fingerprint density at radius 3 is 2.78 bits per heavy atom. The van der Waals surface area contributed by atoms with Gasteiger partial charge in [0.2, 0.25) is 0 Å². The molecule has 0 aliphatic carbocycles. The van der Waals surface area contributed by atoms with Gasteiger partial charge in [0.15, 0.2) is 0 Å². The fourth-order valence-electron chi connectivity index (χ4n) is 3.51. The largest absolute Gasteiger partial charge is 0.497 e. The van der Waals surface area contributed by atoms with Crippen molar-refractivity contribution in [1.29, 1.82) is 0 Å². The highest BCUT2D eigenvalue weighted by Crippen LogP contribution is 2.22. The van der Waals surface area contributed by atoms with E-state index < -0.39 is 0 Å². The van der Waals surface area contributed by atoms with Crippen LogP contribution in [0, 0.1) is 0 Å². The van der Waals surface area contributed by atoms with E-state index in [2.05, 4.69) is 27.9 Å². The molecule has 140 valence electrons. The monoisotopic (exact) mass is 364 g/mol. The molecule has 3 heterocycles. The number of pyridine rings is 1. The molecule has 4 rings (SSSR count). The number of likely N-dealkylation sites (N-methyl/N-ethyl adjacent to an activating group) is 1. The number of benzene rings is 1. The fourth-order valence-corrected chi connectivity index (χ4v) is 3.51. The number of ether oxygens (including phenoxy) is 1.